The number of unbranched alkanes of at least 4 members (excludes halogenated alkanes) is 1. The van der Waals surface area contributed by atoms with Gasteiger partial charge in [0, 0.05) is 17.4 Å². The van der Waals surface area contributed by atoms with Gasteiger partial charge in [-0.15, -0.1) is 10.1 Å². The summed E-state index contributed by atoms with van der Waals surface area (Å²) in [6.45, 7) is -0.259. The Balaban J connectivity index is 1.53. The Morgan fingerprint density at radius 3 is 2.72 bits per heavy atom. The number of hydrogen-bond acceptors (Lipinski definition) is 9. The molecular formula is C22H23NO7S2. The molecule has 0 saturated carbocycles. The summed E-state index contributed by atoms with van der Waals surface area (Å²) in [4.78, 5) is 39.6. The van der Waals surface area contributed by atoms with E-state index in [1.807, 2.05) is 21.6 Å². The van der Waals surface area contributed by atoms with Crippen LogP contribution in [0.3, 0.4) is 0 Å². The van der Waals surface area contributed by atoms with Crippen LogP contribution in [0.15, 0.2) is 48.5 Å². The van der Waals surface area contributed by atoms with Crippen molar-refractivity contribution >= 4 is 33.5 Å². The topological polar surface area (TPSA) is 105 Å². The average molecular weight is 478 g/mol. The number of rotatable bonds is 11. The largest absolute Gasteiger partial charge is 0.426 e. The fraction of sp³-hybridized carbons (Fsp3) is 0.364. The summed E-state index contributed by atoms with van der Waals surface area (Å²) in [6, 6.07) is 12.6. The highest BCUT2D eigenvalue weighted by atomic mass is 33.1. The number of hydrogen-bond donors (Lipinski definition) is 0. The van der Waals surface area contributed by atoms with Crippen molar-refractivity contribution in [2.75, 3.05) is 5.75 Å². The van der Waals surface area contributed by atoms with Crippen molar-refractivity contribution in [2.45, 2.75) is 44.0 Å². The minimum absolute atomic E-state index is 0.118. The zero-order valence-electron chi connectivity index (χ0n) is 17.3. The van der Waals surface area contributed by atoms with Crippen molar-refractivity contribution in [3.8, 4) is 11.5 Å². The molecule has 3 rings (SSSR count). The van der Waals surface area contributed by atoms with E-state index in [1.165, 1.54) is 24.3 Å². The van der Waals surface area contributed by atoms with Crippen molar-refractivity contribution in [2.24, 2.45) is 0 Å². The van der Waals surface area contributed by atoms with E-state index in [9.17, 15) is 19.7 Å². The van der Waals surface area contributed by atoms with Gasteiger partial charge in [-0.05, 0) is 49.1 Å². The Labute approximate surface area is 193 Å². The lowest BCUT2D eigenvalue weighted by atomic mass is 10.1. The number of para-hydroxylation sites is 1. The summed E-state index contributed by atoms with van der Waals surface area (Å²) in [5.74, 6) is 0.442. The third kappa shape index (κ3) is 7.76. The molecule has 1 aliphatic rings. The first-order chi connectivity index (χ1) is 15.5. The van der Waals surface area contributed by atoms with Gasteiger partial charge in [-0.25, -0.2) is 4.79 Å². The van der Waals surface area contributed by atoms with E-state index in [0.717, 1.165) is 19.3 Å². The molecule has 1 atom stereocenters. The molecular weight excluding hydrogens is 454 g/mol. The van der Waals surface area contributed by atoms with Gasteiger partial charge in [0.15, 0.2) is 0 Å². The maximum atomic E-state index is 12.6. The van der Waals surface area contributed by atoms with Gasteiger partial charge in [0.2, 0.25) is 0 Å². The molecule has 0 amide bonds. The molecule has 0 aromatic heterocycles. The summed E-state index contributed by atoms with van der Waals surface area (Å²) in [6.07, 6.45) is 4.31. The number of ether oxygens (including phenoxy) is 2. The molecule has 1 saturated heterocycles. The van der Waals surface area contributed by atoms with Crippen LogP contribution in [0, 0.1) is 10.1 Å². The number of carbonyl (C=O) groups excluding carboxylic acids is 2. The SMILES string of the molecule is O=C(CCCC[C@H]1CCSS1)Oc1ccccc1C(=O)Oc1cccc(CO[N+](=O)[O-])c1. The Bertz CT molecular complexity index is 947. The van der Waals surface area contributed by atoms with E-state index in [4.69, 9.17) is 9.47 Å². The molecule has 0 radical (unpaired) electrons. The number of carbonyl (C=O) groups is 2. The molecule has 2 aromatic rings. The van der Waals surface area contributed by atoms with E-state index in [2.05, 4.69) is 4.84 Å². The third-order valence-electron chi connectivity index (χ3n) is 4.66. The minimum atomic E-state index is -0.893. The second-order valence-corrected chi connectivity index (χ2v) is 9.87. The smallest absolute Gasteiger partial charge is 0.347 e. The van der Waals surface area contributed by atoms with Gasteiger partial charge >= 0.3 is 11.9 Å². The second-order valence-electron chi connectivity index (χ2n) is 7.08. The molecule has 0 N–H and O–H groups in total. The van der Waals surface area contributed by atoms with E-state index >= 15 is 0 Å². The van der Waals surface area contributed by atoms with Crippen molar-refractivity contribution in [1.82, 2.24) is 0 Å². The summed E-state index contributed by atoms with van der Waals surface area (Å²) >= 11 is 0. The highest BCUT2D eigenvalue weighted by Crippen LogP contribution is 2.39. The molecule has 10 heteroatoms. The van der Waals surface area contributed by atoms with Crippen LogP contribution in [0.4, 0.5) is 0 Å². The molecule has 0 spiro atoms. The Hall–Kier alpha value is -2.72. The quantitative estimate of drug-likeness (QED) is 0.107. The fourth-order valence-corrected chi connectivity index (χ4v) is 6.12. The van der Waals surface area contributed by atoms with E-state index in [1.54, 1.807) is 36.4 Å². The molecule has 8 nitrogen and oxygen atoms in total. The molecule has 2 aromatic carbocycles. The van der Waals surface area contributed by atoms with Gasteiger partial charge < -0.3 is 14.3 Å². The average Bonchev–Trinajstić information content (AvgIpc) is 3.29. The van der Waals surface area contributed by atoms with Crippen LogP contribution in [0.5, 0.6) is 11.5 Å². The Kier molecular flexibility index (Phi) is 9.24. The first-order valence-corrected chi connectivity index (χ1v) is 12.6. The second kappa shape index (κ2) is 12.4. The molecule has 1 heterocycles. The van der Waals surface area contributed by atoms with Gasteiger partial charge in [0.1, 0.15) is 23.7 Å². The maximum absolute atomic E-state index is 12.6. The molecule has 0 bridgehead atoms. The van der Waals surface area contributed by atoms with Gasteiger partial charge in [-0.3, -0.25) is 4.79 Å². The zero-order chi connectivity index (χ0) is 22.8. The van der Waals surface area contributed by atoms with Crippen LogP contribution in [-0.4, -0.2) is 28.0 Å². The maximum Gasteiger partial charge on any atom is 0.347 e. The highest BCUT2D eigenvalue weighted by Gasteiger charge is 2.18. The van der Waals surface area contributed by atoms with Crippen LogP contribution in [0.25, 0.3) is 0 Å². The monoisotopic (exact) mass is 477 g/mol. The first-order valence-electron chi connectivity index (χ1n) is 10.2. The van der Waals surface area contributed by atoms with Crippen LogP contribution in [-0.2, 0) is 16.2 Å². The number of benzene rings is 2. The van der Waals surface area contributed by atoms with Crippen molar-refractivity contribution in [1.29, 1.82) is 0 Å². The predicted molar refractivity (Wildman–Crippen MR) is 122 cm³/mol. The molecule has 32 heavy (non-hydrogen) atoms. The molecule has 1 fully saturated rings. The van der Waals surface area contributed by atoms with Gasteiger partial charge in [0.05, 0.1) is 0 Å². The third-order valence-corrected chi connectivity index (χ3v) is 7.67. The Morgan fingerprint density at radius 2 is 1.94 bits per heavy atom. The Morgan fingerprint density at radius 1 is 1.09 bits per heavy atom. The number of esters is 2. The van der Waals surface area contributed by atoms with Crippen molar-refractivity contribution < 1.29 is 29.0 Å². The van der Waals surface area contributed by atoms with Crippen molar-refractivity contribution in [3.63, 3.8) is 0 Å². The van der Waals surface area contributed by atoms with E-state index < -0.39 is 17.0 Å². The fourth-order valence-electron chi connectivity index (χ4n) is 3.09. The van der Waals surface area contributed by atoms with Gasteiger partial charge in [-0.2, -0.15) is 0 Å². The standard InChI is InChI=1S/C22H23NO7S2/c24-21(11-4-1-8-18-12-13-31-32-18)30-20-10-3-2-9-19(20)22(25)29-17-7-5-6-16(14-17)15-28-23(26)27/h2-3,5-7,9-10,14,18H,1,4,8,11-13,15H2/t18-/m0/s1. The van der Waals surface area contributed by atoms with Crippen LogP contribution in [0.1, 0.15) is 48.0 Å². The molecule has 170 valence electrons. The highest BCUT2D eigenvalue weighted by molar-refractivity contribution is 8.77. The van der Waals surface area contributed by atoms with Crippen LogP contribution in [0.2, 0.25) is 0 Å². The molecule has 0 aliphatic carbocycles. The lowest BCUT2D eigenvalue weighted by Crippen LogP contribution is -2.14. The van der Waals surface area contributed by atoms with Gasteiger partial charge in [-0.1, -0.05) is 52.3 Å². The first kappa shape index (κ1) is 23.9. The molecule has 1 aliphatic heterocycles. The predicted octanol–water partition coefficient (Wildman–Crippen LogP) is 5.23. The van der Waals surface area contributed by atoms with Crippen LogP contribution >= 0.6 is 21.6 Å². The normalized spacial score (nSPS) is 15.2. The number of nitrogens with zero attached hydrogens (tertiary/aromatic N) is 1. The van der Waals surface area contributed by atoms with Crippen molar-refractivity contribution in [3.05, 3.63) is 69.8 Å². The lowest BCUT2D eigenvalue weighted by molar-refractivity contribution is -0.763. The van der Waals surface area contributed by atoms with E-state index in [-0.39, 0.29) is 30.1 Å². The summed E-state index contributed by atoms with van der Waals surface area (Å²) in [7, 11) is 3.83. The summed E-state index contributed by atoms with van der Waals surface area (Å²) < 4.78 is 10.8. The van der Waals surface area contributed by atoms with E-state index in [0.29, 0.717) is 10.8 Å². The van der Waals surface area contributed by atoms with Gasteiger partial charge in [0.25, 0.3) is 5.09 Å². The van der Waals surface area contributed by atoms with Crippen LogP contribution < -0.4 is 9.47 Å². The minimum Gasteiger partial charge on any atom is -0.426 e. The zero-order valence-corrected chi connectivity index (χ0v) is 18.9. The summed E-state index contributed by atoms with van der Waals surface area (Å²) in [5.41, 5.74) is 0.591. The molecule has 0 unspecified atom stereocenters. The summed E-state index contributed by atoms with van der Waals surface area (Å²) in [5, 5.41) is 10.1. The lowest BCUT2D eigenvalue weighted by Gasteiger charge is -2.11.